The molecule has 152 valence electrons. The van der Waals surface area contributed by atoms with Crippen LogP contribution in [0.15, 0.2) is 36.4 Å². The zero-order valence-corrected chi connectivity index (χ0v) is 18.2. The summed E-state index contributed by atoms with van der Waals surface area (Å²) in [6, 6.07) is 10.1. The van der Waals surface area contributed by atoms with Gasteiger partial charge in [0.15, 0.2) is 0 Å². The Morgan fingerprint density at radius 2 is 1.79 bits per heavy atom. The number of hydrogen-bond acceptors (Lipinski definition) is 4. The minimum atomic E-state index is -3.69. The van der Waals surface area contributed by atoms with Gasteiger partial charge in [-0.05, 0) is 55.3 Å². The number of sulfonamides is 1. The highest BCUT2D eigenvalue weighted by molar-refractivity contribution is 7.92. The van der Waals surface area contributed by atoms with E-state index in [9.17, 15) is 13.2 Å². The monoisotopic (exact) mass is 444 g/mol. The van der Waals surface area contributed by atoms with E-state index in [1.54, 1.807) is 0 Å². The first-order valence-electron chi connectivity index (χ1n) is 8.47. The average molecular weight is 445 g/mol. The maximum absolute atomic E-state index is 12.2. The van der Waals surface area contributed by atoms with E-state index >= 15 is 0 Å². The maximum atomic E-state index is 12.2. The quantitative estimate of drug-likeness (QED) is 0.631. The molecule has 0 fully saturated rings. The number of rotatable bonds is 8. The largest absolute Gasteiger partial charge is 0.492 e. The Labute approximate surface area is 175 Å². The standard InChI is InChI=1S/C19H22Cl2N2O4S/c1-13-4-6-16(10-14(13)2)27-9-8-22-19(24)12-23(28(3,25)26)15-5-7-17(20)18(21)11-15/h4-7,10-11H,8-9,12H2,1-3H3,(H,22,24). The van der Waals surface area contributed by atoms with Crippen LogP contribution >= 0.6 is 23.2 Å². The predicted molar refractivity (Wildman–Crippen MR) is 113 cm³/mol. The number of aryl methyl sites for hydroxylation is 2. The molecule has 0 aliphatic rings. The molecule has 1 N–H and O–H groups in total. The molecule has 0 bridgehead atoms. The Bertz CT molecular complexity index is 964. The van der Waals surface area contributed by atoms with Crippen molar-refractivity contribution in [1.29, 1.82) is 0 Å². The van der Waals surface area contributed by atoms with E-state index in [2.05, 4.69) is 5.32 Å². The zero-order valence-electron chi connectivity index (χ0n) is 15.8. The van der Waals surface area contributed by atoms with Crippen LogP contribution in [0.3, 0.4) is 0 Å². The van der Waals surface area contributed by atoms with Crippen LogP contribution < -0.4 is 14.4 Å². The highest BCUT2D eigenvalue weighted by Gasteiger charge is 2.21. The SMILES string of the molecule is Cc1ccc(OCCNC(=O)CN(c2ccc(Cl)c(Cl)c2)S(C)(=O)=O)cc1C. The van der Waals surface area contributed by atoms with Crippen molar-refractivity contribution in [2.24, 2.45) is 0 Å². The molecule has 0 saturated heterocycles. The third-order valence-electron chi connectivity index (χ3n) is 4.05. The molecule has 0 atom stereocenters. The molecule has 2 aromatic carbocycles. The number of halogens is 2. The summed E-state index contributed by atoms with van der Waals surface area (Å²) < 4.78 is 30.7. The van der Waals surface area contributed by atoms with Gasteiger partial charge in [-0.3, -0.25) is 9.10 Å². The van der Waals surface area contributed by atoms with Gasteiger partial charge in [0.1, 0.15) is 18.9 Å². The number of ether oxygens (including phenoxy) is 1. The van der Waals surface area contributed by atoms with Crippen LogP contribution in [0.5, 0.6) is 5.75 Å². The fourth-order valence-electron chi connectivity index (χ4n) is 2.39. The second kappa shape index (κ2) is 9.49. The minimum Gasteiger partial charge on any atom is -0.492 e. The number of nitrogens with zero attached hydrogens (tertiary/aromatic N) is 1. The van der Waals surface area contributed by atoms with E-state index in [0.717, 1.165) is 16.1 Å². The van der Waals surface area contributed by atoms with Crippen molar-refractivity contribution in [3.8, 4) is 5.75 Å². The summed E-state index contributed by atoms with van der Waals surface area (Å²) >= 11 is 11.8. The van der Waals surface area contributed by atoms with Crippen LogP contribution in [0.25, 0.3) is 0 Å². The van der Waals surface area contributed by atoms with Crippen molar-refractivity contribution in [3.63, 3.8) is 0 Å². The minimum absolute atomic E-state index is 0.204. The third-order valence-corrected chi connectivity index (χ3v) is 5.93. The molecule has 0 aliphatic heterocycles. The molecule has 2 rings (SSSR count). The van der Waals surface area contributed by atoms with Crippen LogP contribution in [0.4, 0.5) is 5.69 Å². The van der Waals surface area contributed by atoms with Crippen molar-refractivity contribution in [1.82, 2.24) is 5.32 Å². The first-order valence-corrected chi connectivity index (χ1v) is 11.1. The molecule has 0 radical (unpaired) electrons. The van der Waals surface area contributed by atoms with Gasteiger partial charge in [0.25, 0.3) is 0 Å². The third kappa shape index (κ3) is 6.29. The summed E-state index contributed by atoms with van der Waals surface area (Å²) in [5.41, 5.74) is 2.55. The van der Waals surface area contributed by atoms with E-state index in [1.807, 2.05) is 32.0 Å². The normalized spacial score (nSPS) is 11.2. The van der Waals surface area contributed by atoms with Gasteiger partial charge in [-0.1, -0.05) is 29.3 Å². The highest BCUT2D eigenvalue weighted by atomic mass is 35.5. The Kier molecular flexibility index (Phi) is 7.57. The summed E-state index contributed by atoms with van der Waals surface area (Å²) in [4.78, 5) is 12.2. The Morgan fingerprint density at radius 3 is 2.39 bits per heavy atom. The smallest absolute Gasteiger partial charge is 0.240 e. The molecule has 2 aromatic rings. The van der Waals surface area contributed by atoms with Gasteiger partial charge >= 0.3 is 0 Å². The van der Waals surface area contributed by atoms with Crippen molar-refractivity contribution >= 4 is 44.8 Å². The molecule has 9 heteroatoms. The number of carbonyl (C=O) groups excluding carboxylic acids is 1. The molecule has 0 aromatic heterocycles. The van der Waals surface area contributed by atoms with E-state index in [4.69, 9.17) is 27.9 Å². The second-order valence-electron chi connectivity index (χ2n) is 6.31. The first kappa shape index (κ1) is 22.3. The Hall–Kier alpha value is -1.96. The number of hydrogen-bond donors (Lipinski definition) is 1. The summed E-state index contributed by atoms with van der Waals surface area (Å²) in [7, 11) is -3.69. The lowest BCUT2D eigenvalue weighted by molar-refractivity contribution is -0.119. The van der Waals surface area contributed by atoms with Gasteiger partial charge < -0.3 is 10.1 Å². The Balaban J connectivity index is 1.93. The van der Waals surface area contributed by atoms with Crippen LogP contribution in [-0.4, -0.2) is 40.3 Å². The fourth-order valence-corrected chi connectivity index (χ4v) is 3.53. The lowest BCUT2D eigenvalue weighted by Crippen LogP contribution is -2.41. The number of carbonyl (C=O) groups is 1. The topological polar surface area (TPSA) is 75.7 Å². The Morgan fingerprint density at radius 1 is 1.07 bits per heavy atom. The van der Waals surface area contributed by atoms with E-state index < -0.39 is 15.9 Å². The van der Waals surface area contributed by atoms with E-state index in [-0.39, 0.29) is 30.4 Å². The molecule has 0 saturated carbocycles. The van der Waals surface area contributed by atoms with Crippen LogP contribution in [0.2, 0.25) is 10.0 Å². The van der Waals surface area contributed by atoms with Gasteiger partial charge in [-0.15, -0.1) is 0 Å². The zero-order chi connectivity index (χ0) is 20.9. The van der Waals surface area contributed by atoms with Gasteiger partial charge in [0.2, 0.25) is 15.9 Å². The average Bonchev–Trinajstić information content (AvgIpc) is 2.61. The van der Waals surface area contributed by atoms with Crippen LogP contribution in [0.1, 0.15) is 11.1 Å². The molecule has 28 heavy (non-hydrogen) atoms. The number of benzene rings is 2. The summed E-state index contributed by atoms with van der Waals surface area (Å²) in [6.45, 7) is 4.14. The lowest BCUT2D eigenvalue weighted by Gasteiger charge is -2.22. The van der Waals surface area contributed by atoms with Gasteiger partial charge in [-0.25, -0.2) is 8.42 Å². The summed E-state index contributed by atoms with van der Waals surface area (Å²) in [5, 5.41) is 3.15. The van der Waals surface area contributed by atoms with Crippen molar-refractivity contribution in [2.75, 3.05) is 30.3 Å². The molecule has 1 amide bonds. The van der Waals surface area contributed by atoms with Crippen molar-refractivity contribution in [3.05, 3.63) is 57.6 Å². The number of nitrogens with one attached hydrogen (secondary N) is 1. The number of amides is 1. The summed E-state index contributed by atoms with van der Waals surface area (Å²) in [6.07, 6.45) is 1.02. The van der Waals surface area contributed by atoms with E-state index in [0.29, 0.717) is 10.8 Å². The van der Waals surface area contributed by atoms with Crippen LogP contribution in [-0.2, 0) is 14.8 Å². The lowest BCUT2D eigenvalue weighted by atomic mass is 10.1. The van der Waals surface area contributed by atoms with Crippen LogP contribution in [0, 0.1) is 13.8 Å². The van der Waals surface area contributed by atoms with Gasteiger partial charge in [0, 0.05) is 0 Å². The highest BCUT2D eigenvalue weighted by Crippen LogP contribution is 2.28. The second-order valence-corrected chi connectivity index (χ2v) is 9.03. The molecular formula is C19H22Cl2N2O4S. The van der Waals surface area contributed by atoms with E-state index in [1.165, 1.54) is 23.8 Å². The van der Waals surface area contributed by atoms with Gasteiger partial charge in [-0.2, -0.15) is 0 Å². The molecule has 0 aliphatic carbocycles. The van der Waals surface area contributed by atoms with Gasteiger partial charge in [0.05, 0.1) is 28.5 Å². The molecule has 0 heterocycles. The molecule has 6 nitrogen and oxygen atoms in total. The first-order chi connectivity index (χ1) is 13.1. The molecule has 0 unspecified atom stereocenters. The fraction of sp³-hybridized carbons (Fsp3) is 0.316. The maximum Gasteiger partial charge on any atom is 0.240 e. The van der Waals surface area contributed by atoms with Crippen molar-refractivity contribution < 1.29 is 17.9 Å². The molecule has 0 spiro atoms. The molecular weight excluding hydrogens is 423 g/mol. The predicted octanol–water partition coefficient (Wildman–Crippen LogP) is 3.57. The van der Waals surface area contributed by atoms with Crippen molar-refractivity contribution in [2.45, 2.75) is 13.8 Å². The summed E-state index contributed by atoms with van der Waals surface area (Å²) in [5.74, 6) is 0.256. The number of anilines is 1.